The summed E-state index contributed by atoms with van der Waals surface area (Å²) in [6.07, 6.45) is 0.538. The molecule has 0 spiro atoms. The predicted octanol–water partition coefficient (Wildman–Crippen LogP) is 0.678. The molecule has 112 valence electrons. The van der Waals surface area contributed by atoms with Crippen LogP contribution in [0.15, 0.2) is 30.3 Å². The van der Waals surface area contributed by atoms with Gasteiger partial charge in [0.1, 0.15) is 0 Å². The van der Waals surface area contributed by atoms with Gasteiger partial charge in [0.25, 0.3) is 0 Å². The summed E-state index contributed by atoms with van der Waals surface area (Å²) in [5.41, 5.74) is 7.08. The number of hydrogen-bond acceptors (Lipinski definition) is 4. The first kappa shape index (κ1) is 16.6. The molecule has 0 aliphatic rings. The molecule has 0 aromatic heterocycles. The van der Waals surface area contributed by atoms with E-state index in [4.69, 9.17) is 15.2 Å². The first-order valence-electron chi connectivity index (χ1n) is 6.75. The maximum Gasteiger partial charge on any atom is 0.239 e. The number of rotatable bonds is 9. The summed E-state index contributed by atoms with van der Waals surface area (Å²) in [7, 11) is 3.23. The summed E-state index contributed by atoms with van der Waals surface area (Å²) in [5, 5.41) is 0. The van der Waals surface area contributed by atoms with Gasteiger partial charge in [-0.1, -0.05) is 30.3 Å². The molecule has 1 unspecified atom stereocenters. The summed E-state index contributed by atoms with van der Waals surface area (Å²) in [6, 6.07) is 9.25. The van der Waals surface area contributed by atoms with E-state index in [0.29, 0.717) is 32.7 Å². The average Bonchev–Trinajstić information content (AvgIpc) is 2.48. The average molecular weight is 280 g/mol. The van der Waals surface area contributed by atoms with Crippen LogP contribution in [0.5, 0.6) is 0 Å². The van der Waals surface area contributed by atoms with Crippen LogP contribution >= 0.6 is 0 Å². The molecular weight excluding hydrogens is 256 g/mol. The number of carbonyl (C=O) groups is 1. The van der Waals surface area contributed by atoms with Gasteiger partial charge in [-0.05, 0) is 12.0 Å². The normalized spacial score (nSPS) is 12.2. The number of methoxy groups -OCH3 is 2. The van der Waals surface area contributed by atoms with Crippen molar-refractivity contribution >= 4 is 5.91 Å². The molecule has 0 saturated carbocycles. The van der Waals surface area contributed by atoms with Crippen molar-refractivity contribution in [2.24, 2.45) is 5.73 Å². The minimum absolute atomic E-state index is 0.0667. The van der Waals surface area contributed by atoms with E-state index in [1.54, 1.807) is 19.1 Å². The minimum atomic E-state index is -0.536. The molecular formula is C15H24N2O3. The fourth-order valence-corrected chi connectivity index (χ4v) is 1.92. The SMILES string of the molecule is COCCN(CCOC)C(=O)C(N)Cc1ccccc1. The second-order valence-corrected chi connectivity index (χ2v) is 4.61. The zero-order valence-electron chi connectivity index (χ0n) is 12.2. The Morgan fingerprint density at radius 2 is 1.70 bits per heavy atom. The van der Waals surface area contributed by atoms with Crippen LogP contribution in [0, 0.1) is 0 Å². The van der Waals surface area contributed by atoms with Crippen molar-refractivity contribution in [2.75, 3.05) is 40.5 Å². The Morgan fingerprint density at radius 1 is 1.15 bits per heavy atom. The van der Waals surface area contributed by atoms with Crippen molar-refractivity contribution in [1.29, 1.82) is 0 Å². The Balaban J connectivity index is 2.57. The van der Waals surface area contributed by atoms with E-state index in [2.05, 4.69) is 0 Å². The summed E-state index contributed by atoms with van der Waals surface area (Å²) >= 11 is 0. The molecule has 0 fully saturated rings. The third-order valence-electron chi connectivity index (χ3n) is 3.06. The van der Waals surface area contributed by atoms with Gasteiger partial charge in [0.15, 0.2) is 0 Å². The van der Waals surface area contributed by atoms with E-state index in [1.807, 2.05) is 30.3 Å². The Morgan fingerprint density at radius 3 is 2.20 bits per heavy atom. The van der Waals surface area contributed by atoms with Gasteiger partial charge in [0, 0.05) is 27.3 Å². The quantitative estimate of drug-likeness (QED) is 0.722. The number of nitrogens with zero attached hydrogens (tertiary/aromatic N) is 1. The van der Waals surface area contributed by atoms with Crippen LogP contribution in [-0.4, -0.2) is 57.4 Å². The molecule has 20 heavy (non-hydrogen) atoms. The fraction of sp³-hybridized carbons (Fsp3) is 0.533. The minimum Gasteiger partial charge on any atom is -0.383 e. The molecule has 1 aromatic carbocycles. The first-order valence-corrected chi connectivity index (χ1v) is 6.75. The first-order chi connectivity index (χ1) is 9.69. The highest BCUT2D eigenvalue weighted by Crippen LogP contribution is 2.04. The number of carbonyl (C=O) groups excluding carboxylic acids is 1. The maximum absolute atomic E-state index is 12.3. The van der Waals surface area contributed by atoms with Crippen LogP contribution in [-0.2, 0) is 20.7 Å². The molecule has 1 aromatic rings. The van der Waals surface area contributed by atoms with Gasteiger partial charge in [-0.15, -0.1) is 0 Å². The van der Waals surface area contributed by atoms with Crippen molar-refractivity contribution in [2.45, 2.75) is 12.5 Å². The third kappa shape index (κ3) is 5.69. The van der Waals surface area contributed by atoms with E-state index in [0.717, 1.165) is 5.56 Å². The predicted molar refractivity (Wildman–Crippen MR) is 78.5 cm³/mol. The van der Waals surface area contributed by atoms with Crippen LogP contribution in [0.25, 0.3) is 0 Å². The van der Waals surface area contributed by atoms with E-state index < -0.39 is 6.04 Å². The second kappa shape index (κ2) is 9.47. The van der Waals surface area contributed by atoms with E-state index in [9.17, 15) is 4.79 Å². The van der Waals surface area contributed by atoms with E-state index in [1.165, 1.54) is 0 Å². The Bertz CT molecular complexity index is 376. The van der Waals surface area contributed by atoms with Crippen molar-refractivity contribution in [1.82, 2.24) is 4.90 Å². The largest absolute Gasteiger partial charge is 0.383 e. The molecule has 2 N–H and O–H groups in total. The second-order valence-electron chi connectivity index (χ2n) is 4.61. The Kier molecular flexibility index (Phi) is 7.87. The van der Waals surface area contributed by atoms with Crippen LogP contribution in [0.3, 0.4) is 0 Å². The summed E-state index contributed by atoms with van der Waals surface area (Å²) in [6.45, 7) is 2.05. The van der Waals surface area contributed by atoms with Gasteiger partial charge in [0.05, 0.1) is 19.3 Å². The summed E-state index contributed by atoms with van der Waals surface area (Å²) < 4.78 is 10.0. The van der Waals surface area contributed by atoms with Crippen molar-refractivity contribution in [3.63, 3.8) is 0 Å². The molecule has 0 saturated heterocycles. The molecule has 0 aliphatic heterocycles. The number of ether oxygens (including phenoxy) is 2. The molecule has 0 bridgehead atoms. The number of hydrogen-bond donors (Lipinski definition) is 1. The number of amides is 1. The lowest BCUT2D eigenvalue weighted by Crippen LogP contribution is -2.47. The van der Waals surface area contributed by atoms with Crippen LogP contribution in [0.4, 0.5) is 0 Å². The van der Waals surface area contributed by atoms with Crippen molar-refractivity contribution in [3.05, 3.63) is 35.9 Å². The van der Waals surface area contributed by atoms with E-state index in [-0.39, 0.29) is 5.91 Å². The Labute approximate surface area is 120 Å². The lowest BCUT2D eigenvalue weighted by molar-refractivity contribution is -0.133. The highest BCUT2D eigenvalue weighted by molar-refractivity contribution is 5.82. The van der Waals surface area contributed by atoms with Gasteiger partial charge in [-0.2, -0.15) is 0 Å². The topological polar surface area (TPSA) is 64.8 Å². The lowest BCUT2D eigenvalue weighted by Gasteiger charge is -2.25. The van der Waals surface area contributed by atoms with Crippen LogP contribution in [0.2, 0.25) is 0 Å². The molecule has 1 rings (SSSR count). The number of benzene rings is 1. The molecule has 0 heterocycles. The highest BCUT2D eigenvalue weighted by Gasteiger charge is 2.20. The molecule has 0 aliphatic carbocycles. The zero-order valence-corrected chi connectivity index (χ0v) is 12.2. The highest BCUT2D eigenvalue weighted by atomic mass is 16.5. The zero-order chi connectivity index (χ0) is 14.8. The molecule has 5 heteroatoms. The van der Waals surface area contributed by atoms with Gasteiger partial charge in [-0.3, -0.25) is 4.79 Å². The maximum atomic E-state index is 12.3. The molecule has 0 radical (unpaired) electrons. The smallest absolute Gasteiger partial charge is 0.239 e. The molecule has 1 amide bonds. The standard InChI is InChI=1S/C15H24N2O3/c1-19-10-8-17(9-11-20-2)15(18)14(16)12-13-6-4-3-5-7-13/h3-7,14H,8-12,16H2,1-2H3. The fourth-order valence-electron chi connectivity index (χ4n) is 1.92. The van der Waals surface area contributed by atoms with Gasteiger partial charge < -0.3 is 20.1 Å². The summed E-state index contributed by atoms with van der Waals surface area (Å²) in [5.74, 6) is -0.0667. The van der Waals surface area contributed by atoms with E-state index >= 15 is 0 Å². The number of nitrogens with two attached hydrogens (primary N) is 1. The van der Waals surface area contributed by atoms with Gasteiger partial charge >= 0.3 is 0 Å². The molecule has 1 atom stereocenters. The van der Waals surface area contributed by atoms with Gasteiger partial charge in [-0.25, -0.2) is 0 Å². The van der Waals surface area contributed by atoms with Crippen LogP contribution < -0.4 is 5.73 Å². The van der Waals surface area contributed by atoms with Crippen molar-refractivity contribution < 1.29 is 14.3 Å². The van der Waals surface area contributed by atoms with Crippen molar-refractivity contribution in [3.8, 4) is 0 Å². The lowest BCUT2D eigenvalue weighted by atomic mass is 10.1. The third-order valence-corrected chi connectivity index (χ3v) is 3.06. The Hall–Kier alpha value is -1.43. The van der Waals surface area contributed by atoms with Crippen LogP contribution in [0.1, 0.15) is 5.56 Å². The van der Waals surface area contributed by atoms with Gasteiger partial charge in [0.2, 0.25) is 5.91 Å². The molecule has 5 nitrogen and oxygen atoms in total. The summed E-state index contributed by atoms with van der Waals surface area (Å²) in [4.78, 5) is 14.0. The monoisotopic (exact) mass is 280 g/mol.